The van der Waals surface area contributed by atoms with Gasteiger partial charge in [-0.2, -0.15) is 0 Å². The van der Waals surface area contributed by atoms with Crippen LogP contribution < -0.4 is 53.6 Å². The standard InChI is InChI=1S/C46H67N13O13/c1-28(2)21-31(43(70)52-23-35(61)50-24-36(62)56-32(44(71)54-27-41(67)68)22-29-11-5-3-6-12-29)55-37(63)25-53-42(69)30(13-9-18-49-46(47)48)57-45(72)33-14-10-20-58(33)40(66)26-51-34(60)15-7-4-8-19-59-38(64)16-17-39(59)65/h3,5-6,11-12,16-17,28,30-33H,4,7-10,13-15,18-27H2,1-2H3,(H,50,61)(H,51,60)(H,52,70)(H,53,69)(H,54,71)(H,55,63)(H,56,62)(H,57,72)(H,67,68)(H4,47,48,49)/t30-,31-,32-,33-/m0/s1. The zero-order chi connectivity index (χ0) is 53.2. The normalized spacial score (nSPS) is 15.1. The van der Waals surface area contributed by atoms with E-state index in [2.05, 4.69) is 47.9 Å². The molecule has 0 aliphatic carbocycles. The summed E-state index contributed by atoms with van der Waals surface area (Å²) in [6.07, 6.45) is 5.18. The second-order valence-corrected chi connectivity index (χ2v) is 17.4. The zero-order valence-electron chi connectivity index (χ0n) is 40.5. The first-order valence-corrected chi connectivity index (χ1v) is 23.7. The molecule has 11 amide bonds. The van der Waals surface area contributed by atoms with Gasteiger partial charge in [0.1, 0.15) is 30.7 Å². The van der Waals surface area contributed by atoms with E-state index in [4.69, 9.17) is 16.2 Å². The maximum atomic E-state index is 13.6. The van der Waals surface area contributed by atoms with Gasteiger partial charge in [-0.3, -0.25) is 67.8 Å². The van der Waals surface area contributed by atoms with E-state index >= 15 is 0 Å². The fourth-order valence-corrected chi connectivity index (χ4v) is 7.51. The van der Waals surface area contributed by atoms with Crippen LogP contribution >= 0.6 is 0 Å². The number of nitrogens with two attached hydrogens (primary N) is 1. The molecule has 2 aliphatic rings. The molecule has 1 aromatic rings. The third kappa shape index (κ3) is 21.8. The molecule has 26 nitrogen and oxygen atoms in total. The molecule has 1 aromatic carbocycles. The number of unbranched alkanes of at least 4 members (excludes halogenated alkanes) is 2. The maximum Gasteiger partial charge on any atom is 0.322 e. The Labute approximate surface area is 416 Å². The van der Waals surface area contributed by atoms with Crippen molar-refractivity contribution in [3.8, 4) is 0 Å². The van der Waals surface area contributed by atoms with Gasteiger partial charge in [-0.25, -0.2) is 0 Å². The van der Waals surface area contributed by atoms with E-state index in [0.717, 1.165) is 4.90 Å². The molecule has 4 atom stereocenters. The minimum atomic E-state index is -1.29. The van der Waals surface area contributed by atoms with Crippen LogP contribution in [0.4, 0.5) is 0 Å². The first-order valence-electron chi connectivity index (χ1n) is 23.7. The zero-order valence-corrected chi connectivity index (χ0v) is 40.5. The monoisotopic (exact) mass is 1010 g/mol. The van der Waals surface area contributed by atoms with E-state index in [1.807, 2.05) is 0 Å². The van der Waals surface area contributed by atoms with Gasteiger partial charge in [0.15, 0.2) is 5.96 Å². The Hall–Kier alpha value is -7.93. The summed E-state index contributed by atoms with van der Waals surface area (Å²) in [7, 11) is 0. The van der Waals surface area contributed by atoms with E-state index < -0.39 is 109 Å². The highest BCUT2D eigenvalue weighted by Crippen LogP contribution is 2.18. The number of likely N-dealkylation sites (tertiary alicyclic amines) is 1. The molecule has 0 spiro atoms. The highest BCUT2D eigenvalue weighted by molar-refractivity contribution is 6.12. The molecule has 13 N–H and O–H groups in total. The number of nitrogens with zero attached hydrogens (tertiary/aromatic N) is 2. The summed E-state index contributed by atoms with van der Waals surface area (Å²) in [6, 6.07) is 4.11. The van der Waals surface area contributed by atoms with Gasteiger partial charge < -0.3 is 63.6 Å². The molecule has 72 heavy (non-hydrogen) atoms. The van der Waals surface area contributed by atoms with Gasteiger partial charge in [-0.05, 0) is 56.4 Å². The molecule has 0 bridgehead atoms. The average molecular weight is 1010 g/mol. The van der Waals surface area contributed by atoms with E-state index in [1.54, 1.807) is 44.2 Å². The number of carbonyl (C=O) groups is 12. The van der Waals surface area contributed by atoms with Crippen molar-refractivity contribution in [2.45, 2.75) is 102 Å². The minimum Gasteiger partial charge on any atom is -0.480 e. The van der Waals surface area contributed by atoms with Crippen molar-refractivity contribution >= 4 is 76.9 Å². The van der Waals surface area contributed by atoms with Gasteiger partial charge in [-0.1, -0.05) is 50.6 Å². The maximum absolute atomic E-state index is 13.6. The Morgan fingerprint density at radius 3 is 1.90 bits per heavy atom. The Morgan fingerprint density at radius 1 is 0.681 bits per heavy atom. The number of hydrogen-bond donors (Lipinski definition) is 12. The molecule has 0 unspecified atom stereocenters. The van der Waals surface area contributed by atoms with Gasteiger partial charge >= 0.3 is 5.97 Å². The molecular weight excluding hydrogens is 943 g/mol. The summed E-state index contributed by atoms with van der Waals surface area (Å²) >= 11 is 0. The molecule has 26 heteroatoms. The first kappa shape index (κ1) is 58.4. The molecule has 2 aliphatic heterocycles. The predicted molar refractivity (Wildman–Crippen MR) is 256 cm³/mol. The third-order valence-corrected chi connectivity index (χ3v) is 11.1. The van der Waals surface area contributed by atoms with Crippen LogP contribution in [-0.4, -0.2) is 168 Å². The second kappa shape index (κ2) is 30.6. The number of carboxylic acids is 1. The second-order valence-electron chi connectivity index (χ2n) is 17.4. The number of imide groups is 1. The predicted octanol–water partition coefficient (Wildman–Crippen LogP) is -3.87. The topological polar surface area (TPSA) is 390 Å². The van der Waals surface area contributed by atoms with Crippen molar-refractivity contribution in [2.75, 3.05) is 52.4 Å². The molecule has 0 aromatic heterocycles. The summed E-state index contributed by atoms with van der Waals surface area (Å²) in [5.74, 6) is -8.66. The number of aliphatic carboxylic acids is 1. The van der Waals surface area contributed by atoms with Crippen LogP contribution in [0.1, 0.15) is 77.2 Å². The van der Waals surface area contributed by atoms with Crippen molar-refractivity contribution in [2.24, 2.45) is 11.7 Å². The molecule has 1 saturated heterocycles. The van der Waals surface area contributed by atoms with E-state index in [-0.39, 0.29) is 88.4 Å². The van der Waals surface area contributed by atoms with Crippen LogP contribution in [0.5, 0.6) is 0 Å². The van der Waals surface area contributed by atoms with E-state index in [1.165, 1.54) is 17.1 Å². The van der Waals surface area contributed by atoms with Crippen LogP contribution in [0.15, 0.2) is 42.5 Å². The van der Waals surface area contributed by atoms with Gasteiger partial charge in [-0.15, -0.1) is 0 Å². The van der Waals surface area contributed by atoms with Crippen molar-refractivity contribution in [3.05, 3.63) is 48.0 Å². The summed E-state index contributed by atoms with van der Waals surface area (Å²) < 4.78 is 0. The van der Waals surface area contributed by atoms with Crippen LogP contribution in [0.3, 0.4) is 0 Å². The summed E-state index contributed by atoms with van der Waals surface area (Å²) in [5, 5.41) is 38.6. The van der Waals surface area contributed by atoms with Crippen molar-refractivity contribution < 1.29 is 62.6 Å². The minimum absolute atomic E-state index is 0.0240. The lowest BCUT2D eigenvalue weighted by molar-refractivity contribution is -0.139. The summed E-state index contributed by atoms with van der Waals surface area (Å²) in [6.45, 7) is 1.31. The van der Waals surface area contributed by atoms with Crippen molar-refractivity contribution in [1.82, 2.24) is 57.7 Å². The van der Waals surface area contributed by atoms with E-state index in [9.17, 15) is 57.5 Å². The lowest BCUT2D eigenvalue weighted by Crippen LogP contribution is -2.55. The smallest absolute Gasteiger partial charge is 0.322 e. The fourth-order valence-electron chi connectivity index (χ4n) is 7.51. The SMILES string of the molecule is CC(C)C[C@H](NC(=O)CNC(=O)[C@H](CCCNC(=N)N)NC(=O)[C@@H]1CCCN1C(=O)CNC(=O)CCCCCN1C(=O)C=CC1=O)C(=O)NCC(=O)NCC(=O)N[C@@H](Cc1ccccc1)C(=O)NCC(=O)O. The number of carboxylic acid groups (broad SMARTS) is 1. The first-order chi connectivity index (χ1) is 34.2. The molecule has 1 fully saturated rings. The highest BCUT2D eigenvalue weighted by Gasteiger charge is 2.36. The number of amides is 11. The van der Waals surface area contributed by atoms with Crippen molar-refractivity contribution in [1.29, 1.82) is 5.41 Å². The Morgan fingerprint density at radius 2 is 1.26 bits per heavy atom. The Bertz CT molecular complexity index is 2150. The Kier molecular flexibility index (Phi) is 24.8. The van der Waals surface area contributed by atoms with Crippen molar-refractivity contribution in [3.63, 3.8) is 0 Å². The summed E-state index contributed by atoms with van der Waals surface area (Å²) in [5.41, 5.74) is 6.05. The van der Waals surface area contributed by atoms with Crippen LogP contribution in [0.2, 0.25) is 0 Å². The van der Waals surface area contributed by atoms with Gasteiger partial charge in [0, 0.05) is 44.6 Å². The third-order valence-electron chi connectivity index (χ3n) is 11.1. The number of rotatable bonds is 31. The van der Waals surface area contributed by atoms with Crippen LogP contribution in [0.25, 0.3) is 0 Å². The van der Waals surface area contributed by atoms with Crippen LogP contribution in [0, 0.1) is 11.3 Å². The van der Waals surface area contributed by atoms with E-state index in [0.29, 0.717) is 31.2 Å². The van der Waals surface area contributed by atoms with Gasteiger partial charge in [0.25, 0.3) is 11.8 Å². The Balaban J connectivity index is 1.49. The molecule has 394 valence electrons. The molecular formula is C46H67N13O13. The molecule has 3 rings (SSSR count). The lowest BCUT2D eigenvalue weighted by atomic mass is 10.0. The number of carbonyl (C=O) groups excluding carboxylic acids is 11. The molecule has 0 saturated carbocycles. The average Bonchev–Trinajstić information content (AvgIpc) is 3.96. The lowest BCUT2D eigenvalue weighted by Gasteiger charge is -2.26. The number of benzene rings is 1. The van der Waals surface area contributed by atoms with Crippen LogP contribution in [-0.2, 0) is 64.0 Å². The molecule has 2 heterocycles. The highest BCUT2D eigenvalue weighted by atomic mass is 16.4. The summed E-state index contributed by atoms with van der Waals surface area (Å²) in [4.78, 5) is 154. The quantitative estimate of drug-likeness (QED) is 0.0147. The fraction of sp³-hybridized carbons (Fsp3) is 0.543. The largest absolute Gasteiger partial charge is 0.480 e. The molecule has 0 radical (unpaired) electrons. The number of hydrogen-bond acceptors (Lipinski definition) is 13. The number of nitrogens with one attached hydrogen (secondary N) is 10. The number of guanidine groups is 1. The van der Waals surface area contributed by atoms with Gasteiger partial charge in [0.2, 0.25) is 53.2 Å². The van der Waals surface area contributed by atoms with Gasteiger partial charge in [0.05, 0.1) is 26.2 Å².